The first-order valence-corrected chi connectivity index (χ1v) is 7.11. The SMILES string of the molecule is C1CC(CCN2CCSCC2)CCN1. The van der Waals surface area contributed by atoms with E-state index in [0.29, 0.717) is 0 Å². The molecule has 2 rings (SSSR count). The summed E-state index contributed by atoms with van der Waals surface area (Å²) in [5.74, 6) is 3.71. The third-order valence-electron chi connectivity index (χ3n) is 3.42. The fourth-order valence-corrected chi connectivity index (χ4v) is 3.34. The van der Waals surface area contributed by atoms with E-state index in [2.05, 4.69) is 22.0 Å². The predicted molar refractivity (Wildman–Crippen MR) is 64.0 cm³/mol. The van der Waals surface area contributed by atoms with Gasteiger partial charge in [-0.1, -0.05) is 0 Å². The highest BCUT2D eigenvalue weighted by molar-refractivity contribution is 7.99. The van der Waals surface area contributed by atoms with Crippen LogP contribution in [-0.4, -0.2) is 49.1 Å². The molecule has 2 fully saturated rings. The molecule has 0 aromatic heterocycles. The van der Waals surface area contributed by atoms with Gasteiger partial charge >= 0.3 is 0 Å². The fourth-order valence-electron chi connectivity index (χ4n) is 2.36. The van der Waals surface area contributed by atoms with E-state index in [4.69, 9.17) is 0 Å². The zero-order chi connectivity index (χ0) is 9.64. The van der Waals surface area contributed by atoms with Gasteiger partial charge in [-0.2, -0.15) is 11.8 Å². The number of rotatable bonds is 3. The minimum absolute atomic E-state index is 1.01. The quantitative estimate of drug-likeness (QED) is 0.765. The molecule has 14 heavy (non-hydrogen) atoms. The van der Waals surface area contributed by atoms with Crippen molar-refractivity contribution in [3.63, 3.8) is 0 Å². The average molecular weight is 214 g/mol. The average Bonchev–Trinajstić information content (AvgIpc) is 2.29. The summed E-state index contributed by atoms with van der Waals surface area (Å²) in [7, 11) is 0. The zero-order valence-electron chi connectivity index (χ0n) is 9.00. The van der Waals surface area contributed by atoms with Crippen LogP contribution in [0.2, 0.25) is 0 Å². The number of piperidine rings is 1. The highest BCUT2D eigenvalue weighted by Gasteiger charge is 2.15. The zero-order valence-corrected chi connectivity index (χ0v) is 9.82. The molecule has 1 N–H and O–H groups in total. The van der Waals surface area contributed by atoms with Crippen molar-refractivity contribution in [2.75, 3.05) is 44.2 Å². The summed E-state index contributed by atoms with van der Waals surface area (Å²) in [6.45, 7) is 6.51. The highest BCUT2D eigenvalue weighted by Crippen LogP contribution is 2.17. The molecule has 2 saturated heterocycles. The molecular formula is C11H22N2S. The van der Waals surface area contributed by atoms with Crippen LogP contribution in [0.15, 0.2) is 0 Å². The van der Waals surface area contributed by atoms with Crippen molar-refractivity contribution < 1.29 is 0 Å². The van der Waals surface area contributed by atoms with E-state index >= 15 is 0 Å². The first-order valence-electron chi connectivity index (χ1n) is 5.96. The van der Waals surface area contributed by atoms with Crippen LogP contribution in [0.4, 0.5) is 0 Å². The van der Waals surface area contributed by atoms with Gasteiger partial charge in [0.05, 0.1) is 0 Å². The number of nitrogens with zero attached hydrogens (tertiary/aromatic N) is 1. The summed E-state index contributed by atoms with van der Waals surface area (Å²) >= 11 is 2.11. The van der Waals surface area contributed by atoms with E-state index in [0.717, 1.165) is 5.92 Å². The van der Waals surface area contributed by atoms with Gasteiger partial charge in [0.2, 0.25) is 0 Å². The third kappa shape index (κ3) is 3.44. The van der Waals surface area contributed by atoms with Gasteiger partial charge in [-0.05, 0) is 44.8 Å². The lowest BCUT2D eigenvalue weighted by Gasteiger charge is -2.29. The second-order valence-corrected chi connectivity index (χ2v) is 5.66. The standard InChI is InChI=1S/C11H22N2S/c1-4-12-5-2-11(1)3-6-13-7-9-14-10-8-13/h11-12H,1-10H2. The number of nitrogens with one attached hydrogen (secondary N) is 1. The van der Waals surface area contributed by atoms with Crippen LogP contribution in [0.3, 0.4) is 0 Å². The number of hydrogen-bond donors (Lipinski definition) is 1. The molecule has 0 spiro atoms. The van der Waals surface area contributed by atoms with Gasteiger partial charge in [0.1, 0.15) is 0 Å². The Morgan fingerprint density at radius 2 is 1.86 bits per heavy atom. The minimum atomic E-state index is 1.01. The molecule has 0 saturated carbocycles. The molecule has 2 aliphatic heterocycles. The first kappa shape index (κ1) is 10.8. The van der Waals surface area contributed by atoms with Crippen molar-refractivity contribution in [2.45, 2.75) is 19.3 Å². The van der Waals surface area contributed by atoms with Gasteiger partial charge in [0, 0.05) is 24.6 Å². The van der Waals surface area contributed by atoms with Crippen molar-refractivity contribution in [3.8, 4) is 0 Å². The van der Waals surface area contributed by atoms with E-state index in [1.165, 1.54) is 63.5 Å². The Kier molecular flexibility index (Phi) is 4.61. The van der Waals surface area contributed by atoms with E-state index < -0.39 is 0 Å². The second kappa shape index (κ2) is 5.99. The minimum Gasteiger partial charge on any atom is -0.317 e. The lowest BCUT2D eigenvalue weighted by Crippen LogP contribution is -2.35. The van der Waals surface area contributed by atoms with Crippen molar-refractivity contribution in [1.82, 2.24) is 10.2 Å². The van der Waals surface area contributed by atoms with Crippen LogP contribution in [-0.2, 0) is 0 Å². The summed E-state index contributed by atoms with van der Waals surface area (Å²) in [6, 6.07) is 0. The summed E-state index contributed by atoms with van der Waals surface area (Å²) < 4.78 is 0. The molecule has 0 atom stereocenters. The Hall–Kier alpha value is 0.270. The molecule has 0 aromatic rings. The first-order chi connectivity index (χ1) is 6.95. The Balaban J connectivity index is 1.60. The van der Waals surface area contributed by atoms with E-state index in [1.54, 1.807) is 0 Å². The van der Waals surface area contributed by atoms with E-state index in [-0.39, 0.29) is 0 Å². The largest absolute Gasteiger partial charge is 0.317 e. The van der Waals surface area contributed by atoms with Crippen LogP contribution in [0.5, 0.6) is 0 Å². The molecule has 82 valence electrons. The van der Waals surface area contributed by atoms with Gasteiger partial charge in [0.25, 0.3) is 0 Å². The molecule has 2 heterocycles. The van der Waals surface area contributed by atoms with Gasteiger partial charge in [-0.25, -0.2) is 0 Å². The summed E-state index contributed by atoms with van der Waals surface area (Å²) in [6.07, 6.45) is 4.25. The number of hydrogen-bond acceptors (Lipinski definition) is 3. The van der Waals surface area contributed by atoms with E-state index in [1.807, 2.05) is 0 Å². The Morgan fingerprint density at radius 1 is 1.14 bits per heavy atom. The highest BCUT2D eigenvalue weighted by atomic mass is 32.2. The lowest BCUT2D eigenvalue weighted by molar-refractivity contribution is 0.252. The fraction of sp³-hybridized carbons (Fsp3) is 1.00. The van der Waals surface area contributed by atoms with Crippen molar-refractivity contribution >= 4 is 11.8 Å². The lowest BCUT2D eigenvalue weighted by atomic mass is 9.94. The topological polar surface area (TPSA) is 15.3 Å². The van der Waals surface area contributed by atoms with Crippen LogP contribution in [0.1, 0.15) is 19.3 Å². The van der Waals surface area contributed by atoms with Gasteiger partial charge in [-0.3, -0.25) is 0 Å². The second-order valence-electron chi connectivity index (χ2n) is 4.44. The van der Waals surface area contributed by atoms with Gasteiger partial charge in [0.15, 0.2) is 0 Å². The molecule has 2 nitrogen and oxygen atoms in total. The molecule has 0 radical (unpaired) electrons. The maximum Gasteiger partial charge on any atom is 0.00727 e. The molecular weight excluding hydrogens is 192 g/mol. The Labute approximate surface area is 91.8 Å². The van der Waals surface area contributed by atoms with Crippen LogP contribution < -0.4 is 5.32 Å². The molecule has 2 aliphatic rings. The number of thioether (sulfide) groups is 1. The van der Waals surface area contributed by atoms with Gasteiger partial charge in [-0.15, -0.1) is 0 Å². The molecule has 0 bridgehead atoms. The molecule has 0 amide bonds. The Morgan fingerprint density at radius 3 is 2.57 bits per heavy atom. The predicted octanol–water partition coefficient (Wildman–Crippen LogP) is 1.42. The maximum absolute atomic E-state index is 3.44. The van der Waals surface area contributed by atoms with Crippen molar-refractivity contribution in [3.05, 3.63) is 0 Å². The van der Waals surface area contributed by atoms with E-state index in [9.17, 15) is 0 Å². The maximum atomic E-state index is 3.44. The molecule has 0 aromatic carbocycles. The third-order valence-corrected chi connectivity index (χ3v) is 4.36. The molecule has 3 heteroatoms. The normalized spacial score (nSPS) is 26.6. The van der Waals surface area contributed by atoms with Crippen LogP contribution >= 0.6 is 11.8 Å². The smallest absolute Gasteiger partial charge is 0.00727 e. The van der Waals surface area contributed by atoms with Crippen LogP contribution in [0.25, 0.3) is 0 Å². The van der Waals surface area contributed by atoms with Crippen LogP contribution in [0, 0.1) is 5.92 Å². The molecule has 0 aliphatic carbocycles. The summed E-state index contributed by atoms with van der Waals surface area (Å²) in [5, 5.41) is 3.44. The summed E-state index contributed by atoms with van der Waals surface area (Å²) in [4.78, 5) is 2.65. The van der Waals surface area contributed by atoms with Crippen molar-refractivity contribution in [1.29, 1.82) is 0 Å². The molecule has 0 unspecified atom stereocenters. The van der Waals surface area contributed by atoms with Gasteiger partial charge < -0.3 is 10.2 Å². The van der Waals surface area contributed by atoms with Crippen molar-refractivity contribution in [2.24, 2.45) is 5.92 Å². The monoisotopic (exact) mass is 214 g/mol. The summed E-state index contributed by atoms with van der Waals surface area (Å²) in [5.41, 5.74) is 0. The Bertz CT molecular complexity index is 133.